The molecule has 0 aliphatic rings. The van der Waals surface area contributed by atoms with Crippen molar-refractivity contribution in [2.24, 2.45) is 5.73 Å². The zero-order chi connectivity index (χ0) is 14.0. The van der Waals surface area contributed by atoms with Crippen LogP contribution in [0.5, 0.6) is 0 Å². The van der Waals surface area contributed by atoms with Crippen LogP contribution < -0.4 is 5.73 Å². The van der Waals surface area contributed by atoms with Crippen LogP contribution in [0.15, 0.2) is 18.2 Å². The minimum atomic E-state index is 0.299. The molecule has 0 aliphatic heterocycles. The third-order valence-electron chi connectivity index (χ3n) is 2.80. The number of nitrogens with zero attached hydrogens (tertiary/aromatic N) is 3. The standard InChI is InChI=1S/C13H15ClN4S/c1-3-11-16-12(4-2)18(17-11)10-6-5-8(14)7-9(10)13(15)19/h5-7H,3-4H2,1-2H3,(H2,15,19). The normalized spacial score (nSPS) is 10.7. The van der Waals surface area contributed by atoms with Crippen LogP contribution in [0.1, 0.15) is 31.1 Å². The summed E-state index contributed by atoms with van der Waals surface area (Å²) < 4.78 is 1.80. The Hall–Kier alpha value is -1.46. The monoisotopic (exact) mass is 294 g/mol. The van der Waals surface area contributed by atoms with E-state index in [9.17, 15) is 0 Å². The molecule has 2 N–H and O–H groups in total. The van der Waals surface area contributed by atoms with Gasteiger partial charge in [0.25, 0.3) is 0 Å². The predicted molar refractivity (Wildman–Crippen MR) is 81.0 cm³/mol. The Kier molecular flexibility index (Phi) is 4.17. The van der Waals surface area contributed by atoms with E-state index >= 15 is 0 Å². The van der Waals surface area contributed by atoms with Crippen molar-refractivity contribution in [3.63, 3.8) is 0 Å². The lowest BCUT2D eigenvalue weighted by atomic mass is 10.1. The summed E-state index contributed by atoms with van der Waals surface area (Å²) in [6.07, 6.45) is 1.57. The summed E-state index contributed by atoms with van der Waals surface area (Å²) >= 11 is 11.1. The molecule has 0 saturated carbocycles. The molecule has 6 heteroatoms. The smallest absolute Gasteiger partial charge is 0.151 e. The average molecular weight is 295 g/mol. The number of aromatic nitrogens is 3. The highest BCUT2D eigenvalue weighted by Crippen LogP contribution is 2.21. The van der Waals surface area contributed by atoms with Crippen LogP contribution in [0.4, 0.5) is 0 Å². The highest BCUT2D eigenvalue weighted by atomic mass is 35.5. The first-order chi connectivity index (χ1) is 9.06. The van der Waals surface area contributed by atoms with E-state index in [2.05, 4.69) is 10.1 Å². The van der Waals surface area contributed by atoms with Crippen molar-refractivity contribution in [3.05, 3.63) is 40.4 Å². The lowest BCUT2D eigenvalue weighted by Gasteiger charge is -2.10. The van der Waals surface area contributed by atoms with E-state index in [1.165, 1.54) is 0 Å². The second-order valence-corrected chi connectivity index (χ2v) is 4.97. The molecule has 100 valence electrons. The van der Waals surface area contributed by atoms with Crippen molar-refractivity contribution in [1.29, 1.82) is 0 Å². The highest BCUT2D eigenvalue weighted by Gasteiger charge is 2.14. The molecule has 0 radical (unpaired) electrons. The lowest BCUT2D eigenvalue weighted by Crippen LogP contribution is -2.15. The van der Waals surface area contributed by atoms with Gasteiger partial charge in [0.05, 0.1) is 5.69 Å². The molecular formula is C13H15ClN4S. The fourth-order valence-corrected chi connectivity index (χ4v) is 2.19. The fraction of sp³-hybridized carbons (Fsp3) is 0.308. The van der Waals surface area contributed by atoms with Gasteiger partial charge in [-0.2, -0.15) is 5.10 Å². The summed E-state index contributed by atoms with van der Waals surface area (Å²) in [6, 6.07) is 5.42. The van der Waals surface area contributed by atoms with Crippen LogP contribution in [0.3, 0.4) is 0 Å². The number of aryl methyl sites for hydroxylation is 2. The molecule has 0 bridgehead atoms. The molecule has 1 aromatic carbocycles. The van der Waals surface area contributed by atoms with E-state index in [0.29, 0.717) is 15.6 Å². The van der Waals surface area contributed by atoms with Crippen molar-refractivity contribution < 1.29 is 0 Å². The van der Waals surface area contributed by atoms with Crippen molar-refractivity contribution in [2.45, 2.75) is 26.7 Å². The van der Waals surface area contributed by atoms with Crippen molar-refractivity contribution in [2.75, 3.05) is 0 Å². The summed E-state index contributed by atoms with van der Waals surface area (Å²) in [5, 5.41) is 5.09. The molecular weight excluding hydrogens is 280 g/mol. The van der Waals surface area contributed by atoms with Gasteiger partial charge in [0.1, 0.15) is 10.8 Å². The van der Waals surface area contributed by atoms with Gasteiger partial charge in [-0.1, -0.05) is 37.7 Å². The highest BCUT2D eigenvalue weighted by molar-refractivity contribution is 7.80. The number of hydrogen-bond donors (Lipinski definition) is 1. The van der Waals surface area contributed by atoms with Gasteiger partial charge in [0.2, 0.25) is 0 Å². The Bertz CT molecular complexity index is 621. The molecule has 2 aromatic rings. The fourth-order valence-electron chi connectivity index (χ4n) is 1.85. The zero-order valence-electron chi connectivity index (χ0n) is 10.9. The first-order valence-electron chi connectivity index (χ1n) is 6.11. The molecule has 0 amide bonds. The Morgan fingerprint density at radius 3 is 2.68 bits per heavy atom. The second kappa shape index (κ2) is 5.67. The first kappa shape index (κ1) is 14.0. The Morgan fingerprint density at radius 1 is 1.37 bits per heavy atom. The minimum absolute atomic E-state index is 0.299. The topological polar surface area (TPSA) is 56.7 Å². The maximum atomic E-state index is 5.99. The second-order valence-electron chi connectivity index (χ2n) is 4.09. The quantitative estimate of drug-likeness (QED) is 0.881. The van der Waals surface area contributed by atoms with Gasteiger partial charge in [0, 0.05) is 23.4 Å². The SMILES string of the molecule is CCc1nc(CC)n(-c2ccc(Cl)cc2C(N)=S)n1. The van der Waals surface area contributed by atoms with E-state index in [-0.39, 0.29) is 0 Å². The summed E-state index contributed by atoms with van der Waals surface area (Å²) in [6.45, 7) is 4.06. The molecule has 0 spiro atoms. The summed E-state index contributed by atoms with van der Waals surface area (Å²) in [5.41, 5.74) is 7.30. The van der Waals surface area contributed by atoms with Crippen molar-refractivity contribution >= 4 is 28.8 Å². The molecule has 2 rings (SSSR count). The Labute approximate surface area is 122 Å². The Balaban J connectivity index is 2.64. The number of thiocarbonyl (C=S) groups is 1. The number of benzene rings is 1. The van der Waals surface area contributed by atoms with Gasteiger partial charge in [-0.25, -0.2) is 9.67 Å². The van der Waals surface area contributed by atoms with Crippen molar-refractivity contribution in [1.82, 2.24) is 14.8 Å². The van der Waals surface area contributed by atoms with Gasteiger partial charge in [-0.3, -0.25) is 0 Å². The first-order valence-corrected chi connectivity index (χ1v) is 6.90. The molecule has 0 fully saturated rings. The maximum absolute atomic E-state index is 5.99. The van der Waals surface area contributed by atoms with Gasteiger partial charge in [-0.15, -0.1) is 0 Å². The molecule has 1 aromatic heterocycles. The summed E-state index contributed by atoms with van der Waals surface area (Å²) in [5.74, 6) is 1.69. The van der Waals surface area contributed by atoms with E-state index in [0.717, 1.165) is 30.2 Å². The predicted octanol–water partition coefficient (Wildman–Crippen LogP) is 2.68. The molecule has 1 heterocycles. The number of nitrogens with two attached hydrogens (primary N) is 1. The van der Waals surface area contributed by atoms with Crippen LogP contribution in [0, 0.1) is 0 Å². The molecule has 4 nitrogen and oxygen atoms in total. The van der Waals surface area contributed by atoms with Crippen LogP contribution in [-0.4, -0.2) is 19.8 Å². The third kappa shape index (κ3) is 2.77. The van der Waals surface area contributed by atoms with Crippen LogP contribution >= 0.6 is 23.8 Å². The number of halogens is 1. The molecule has 19 heavy (non-hydrogen) atoms. The Morgan fingerprint density at radius 2 is 2.11 bits per heavy atom. The average Bonchev–Trinajstić information content (AvgIpc) is 2.81. The zero-order valence-corrected chi connectivity index (χ0v) is 12.4. The van der Waals surface area contributed by atoms with Gasteiger partial charge in [-0.05, 0) is 18.2 Å². The van der Waals surface area contributed by atoms with Crippen LogP contribution in [0.2, 0.25) is 5.02 Å². The van der Waals surface area contributed by atoms with E-state index in [1.54, 1.807) is 16.8 Å². The van der Waals surface area contributed by atoms with Gasteiger partial charge < -0.3 is 5.73 Å². The van der Waals surface area contributed by atoms with Crippen molar-refractivity contribution in [3.8, 4) is 5.69 Å². The molecule has 0 unspecified atom stereocenters. The summed E-state index contributed by atoms with van der Waals surface area (Å²) in [7, 11) is 0. The van der Waals surface area contributed by atoms with Gasteiger partial charge >= 0.3 is 0 Å². The minimum Gasteiger partial charge on any atom is -0.389 e. The third-order valence-corrected chi connectivity index (χ3v) is 3.26. The van der Waals surface area contributed by atoms with Crippen LogP contribution in [-0.2, 0) is 12.8 Å². The van der Waals surface area contributed by atoms with E-state index < -0.39 is 0 Å². The number of hydrogen-bond acceptors (Lipinski definition) is 3. The largest absolute Gasteiger partial charge is 0.389 e. The molecule has 0 saturated heterocycles. The lowest BCUT2D eigenvalue weighted by molar-refractivity contribution is 0.790. The van der Waals surface area contributed by atoms with E-state index in [1.807, 2.05) is 19.9 Å². The molecule has 0 atom stereocenters. The summed E-state index contributed by atoms with van der Waals surface area (Å²) in [4.78, 5) is 4.78. The van der Waals surface area contributed by atoms with Gasteiger partial charge in [0.15, 0.2) is 5.82 Å². The van der Waals surface area contributed by atoms with Crippen LogP contribution in [0.25, 0.3) is 5.69 Å². The number of rotatable bonds is 4. The van der Waals surface area contributed by atoms with E-state index in [4.69, 9.17) is 29.6 Å². The molecule has 0 aliphatic carbocycles. The maximum Gasteiger partial charge on any atom is 0.151 e.